The molecule has 1 atom stereocenters. The van der Waals surface area contributed by atoms with Gasteiger partial charge in [0.15, 0.2) is 0 Å². The first-order chi connectivity index (χ1) is 6.97. The molecule has 0 aromatic carbocycles. The fraction of sp³-hybridized carbons (Fsp3) is 0.583. The van der Waals surface area contributed by atoms with E-state index < -0.39 is 0 Å². The van der Waals surface area contributed by atoms with E-state index in [0.29, 0.717) is 0 Å². The Bertz CT molecular complexity index is 321. The third-order valence-electron chi connectivity index (χ3n) is 2.46. The fourth-order valence-corrected chi connectivity index (χ4v) is 1.97. The van der Waals surface area contributed by atoms with Crippen molar-refractivity contribution in [1.82, 2.24) is 4.98 Å². The number of methoxy groups -OCH3 is 1. The lowest BCUT2D eigenvalue weighted by molar-refractivity contribution is 0.367. The lowest BCUT2D eigenvalue weighted by Crippen LogP contribution is -2.29. The van der Waals surface area contributed by atoms with Gasteiger partial charge in [0.05, 0.1) is 12.8 Å². The van der Waals surface area contributed by atoms with Crippen LogP contribution in [0.15, 0.2) is 18.3 Å². The van der Waals surface area contributed by atoms with Gasteiger partial charge in [-0.3, -0.25) is 4.98 Å². The summed E-state index contributed by atoms with van der Waals surface area (Å²) in [6.45, 7) is 6.29. The highest BCUT2D eigenvalue weighted by Gasteiger charge is 2.26. The summed E-state index contributed by atoms with van der Waals surface area (Å²) in [4.78, 5) is 4.39. The first-order valence-corrected chi connectivity index (χ1v) is 5.22. The van der Waals surface area contributed by atoms with Gasteiger partial charge in [-0.2, -0.15) is 0 Å². The number of rotatable bonds is 4. The quantitative estimate of drug-likeness (QED) is 0.824. The topological polar surface area (TPSA) is 48.1 Å². The Balaban J connectivity index is 3.02. The molecular formula is C12H20N2O. The van der Waals surface area contributed by atoms with E-state index in [1.807, 2.05) is 19.1 Å². The molecule has 0 spiro atoms. The minimum atomic E-state index is -0.0548. The maximum absolute atomic E-state index is 5.84. The maximum atomic E-state index is 5.84. The van der Waals surface area contributed by atoms with Crippen LogP contribution in [0, 0.1) is 0 Å². The molecule has 0 bridgehead atoms. The van der Waals surface area contributed by atoms with Gasteiger partial charge < -0.3 is 10.5 Å². The van der Waals surface area contributed by atoms with Gasteiger partial charge in [0.25, 0.3) is 0 Å². The van der Waals surface area contributed by atoms with Crippen LogP contribution in [0.5, 0.6) is 5.75 Å². The normalized spacial score (nSPS) is 13.7. The number of aromatic nitrogens is 1. The number of nitrogens with two attached hydrogens (primary N) is 1. The summed E-state index contributed by atoms with van der Waals surface area (Å²) in [6, 6.07) is 3.97. The Morgan fingerprint density at radius 1 is 1.53 bits per heavy atom. The molecule has 3 nitrogen and oxygen atoms in total. The van der Waals surface area contributed by atoms with Gasteiger partial charge in [-0.25, -0.2) is 0 Å². The minimum absolute atomic E-state index is 0.0548. The molecule has 0 aliphatic heterocycles. The van der Waals surface area contributed by atoms with E-state index >= 15 is 0 Å². The zero-order valence-electron chi connectivity index (χ0n) is 9.95. The van der Waals surface area contributed by atoms with E-state index in [2.05, 4.69) is 18.8 Å². The average molecular weight is 208 g/mol. The average Bonchev–Trinajstić information content (AvgIpc) is 2.16. The smallest absolute Gasteiger partial charge is 0.140 e. The second kappa shape index (κ2) is 4.62. The van der Waals surface area contributed by atoms with E-state index in [4.69, 9.17) is 10.5 Å². The van der Waals surface area contributed by atoms with Crippen LogP contribution < -0.4 is 10.5 Å². The van der Waals surface area contributed by atoms with E-state index in [1.165, 1.54) is 0 Å². The number of hydrogen-bond acceptors (Lipinski definition) is 3. The molecule has 0 radical (unpaired) electrons. The van der Waals surface area contributed by atoms with Crippen LogP contribution in [0.2, 0.25) is 0 Å². The van der Waals surface area contributed by atoms with Gasteiger partial charge in [-0.1, -0.05) is 13.8 Å². The van der Waals surface area contributed by atoms with Crippen molar-refractivity contribution in [3.8, 4) is 5.75 Å². The van der Waals surface area contributed by atoms with Crippen LogP contribution in [0.3, 0.4) is 0 Å². The Labute approximate surface area is 91.7 Å². The molecule has 3 heteroatoms. The van der Waals surface area contributed by atoms with Crippen LogP contribution in [0.25, 0.3) is 0 Å². The van der Waals surface area contributed by atoms with E-state index in [-0.39, 0.29) is 11.5 Å². The van der Waals surface area contributed by atoms with Crippen molar-refractivity contribution < 1.29 is 4.74 Å². The monoisotopic (exact) mass is 208 g/mol. The summed E-state index contributed by atoms with van der Waals surface area (Å²) in [7, 11) is 1.67. The molecule has 0 aliphatic rings. The summed E-state index contributed by atoms with van der Waals surface area (Å²) >= 11 is 0. The summed E-state index contributed by atoms with van der Waals surface area (Å²) in [5.74, 6) is 0.836. The third-order valence-corrected chi connectivity index (χ3v) is 2.46. The van der Waals surface area contributed by atoms with Gasteiger partial charge >= 0.3 is 0 Å². The highest BCUT2D eigenvalue weighted by Crippen LogP contribution is 2.32. The fourth-order valence-electron chi connectivity index (χ4n) is 1.97. The number of hydrogen-bond donors (Lipinski definition) is 1. The molecule has 0 amide bonds. The summed E-state index contributed by atoms with van der Waals surface area (Å²) in [5, 5.41) is 0. The van der Waals surface area contributed by atoms with Crippen LogP contribution >= 0.6 is 0 Å². The largest absolute Gasteiger partial charge is 0.495 e. The number of pyridine rings is 1. The Morgan fingerprint density at radius 2 is 2.20 bits per heavy atom. The molecule has 84 valence electrons. The number of nitrogens with zero attached hydrogens (tertiary/aromatic N) is 1. The molecule has 1 aromatic rings. The van der Waals surface area contributed by atoms with Gasteiger partial charge in [-0.15, -0.1) is 0 Å². The van der Waals surface area contributed by atoms with Gasteiger partial charge in [0.2, 0.25) is 0 Å². The SMILES string of the molecule is COc1cccnc1C(C)(C)CC(C)N. The summed E-state index contributed by atoms with van der Waals surface area (Å²) < 4.78 is 5.31. The molecule has 0 fully saturated rings. The zero-order valence-corrected chi connectivity index (χ0v) is 9.95. The minimum Gasteiger partial charge on any atom is -0.495 e. The molecule has 1 heterocycles. The van der Waals surface area contributed by atoms with E-state index in [9.17, 15) is 0 Å². The second-order valence-corrected chi connectivity index (χ2v) is 4.62. The predicted octanol–water partition coefficient (Wildman–Crippen LogP) is 2.11. The van der Waals surface area contributed by atoms with Crippen LogP contribution in [-0.4, -0.2) is 18.1 Å². The Hall–Kier alpha value is -1.09. The van der Waals surface area contributed by atoms with Crippen molar-refractivity contribution in [2.45, 2.75) is 38.6 Å². The maximum Gasteiger partial charge on any atom is 0.140 e. The second-order valence-electron chi connectivity index (χ2n) is 4.62. The van der Waals surface area contributed by atoms with Crippen LogP contribution in [0.4, 0.5) is 0 Å². The first-order valence-electron chi connectivity index (χ1n) is 5.22. The zero-order chi connectivity index (χ0) is 11.5. The molecule has 15 heavy (non-hydrogen) atoms. The molecule has 0 saturated heterocycles. The highest BCUT2D eigenvalue weighted by molar-refractivity contribution is 5.32. The summed E-state index contributed by atoms with van der Waals surface area (Å²) in [5.41, 5.74) is 6.76. The molecule has 0 saturated carbocycles. The van der Waals surface area contributed by atoms with Gasteiger partial charge in [0, 0.05) is 17.7 Å². The standard InChI is InChI=1S/C12H20N2O/c1-9(13)8-12(2,3)11-10(15-4)6-5-7-14-11/h5-7,9H,8,13H2,1-4H3. The van der Waals surface area contributed by atoms with Crippen molar-refractivity contribution in [3.05, 3.63) is 24.0 Å². The van der Waals surface area contributed by atoms with Crippen LogP contribution in [0.1, 0.15) is 32.9 Å². The van der Waals surface area contributed by atoms with E-state index in [0.717, 1.165) is 17.9 Å². The lowest BCUT2D eigenvalue weighted by Gasteiger charge is -2.27. The highest BCUT2D eigenvalue weighted by atomic mass is 16.5. The van der Waals surface area contributed by atoms with Crippen molar-refractivity contribution in [1.29, 1.82) is 0 Å². The molecule has 2 N–H and O–H groups in total. The number of ether oxygens (including phenoxy) is 1. The Kier molecular flexibility index (Phi) is 3.69. The van der Waals surface area contributed by atoms with Crippen molar-refractivity contribution in [2.24, 2.45) is 5.73 Å². The molecule has 1 unspecified atom stereocenters. The third kappa shape index (κ3) is 2.93. The van der Waals surface area contributed by atoms with Crippen LogP contribution in [-0.2, 0) is 5.41 Å². The molecule has 0 aliphatic carbocycles. The Morgan fingerprint density at radius 3 is 2.73 bits per heavy atom. The van der Waals surface area contributed by atoms with Crippen molar-refractivity contribution >= 4 is 0 Å². The first kappa shape index (κ1) is 12.0. The van der Waals surface area contributed by atoms with Crippen molar-refractivity contribution in [3.63, 3.8) is 0 Å². The van der Waals surface area contributed by atoms with Crippen molar-refractivity contribution in [2.75, 3.05) is 7.11 Å². The summed E-state index contributed by atoms with van der Waals surface area (Å²) in [6.07, 6.45) is 2.68. The molecular weight excluding hydrogens is 188 g/mol. The lowest BCUT2D eigenvalue weighted by atomic mass is 9.82. The molecule has 1 rings (SSSR count). The van der Waals surface area contributed by atoms with Gasteiger partial charge in [0.1, 0.15) is 5.75 Å². The molecule has 1 aromatic heterocycles. The van der Waals surface area contributed by atoms with Gasteiger partial charge in [-0.05, 0) is 25.5 Å². The predicted molar refractivity (Wildman–Crippen MR) is 62.1 cm³/mol. The van der Waals surface area contributed by atoms with E-state index in [1.54, 1.807) is 13.3 Å².